The number of para-hydroxylation sites is 1. The second-order valence-corrected chi connectivity index (χ2v) is 8.80. The number of aromatic nitrogens is 2. The average Bonchev–Trinajstić information content (AvgIpc) is 3.08. The third kappa shape index (κ3) is 4.03. The molecule has 0 bridgehead atoms. The fraction of sp³-hybridized carbons (Fsp3) is 0.385. The van der Waals surface area contributed by atoms with Gasteiger partial charge in [-0.3, -0.25) is 14.2 Å². The topological polar surface area (TPSA) is 81.5 Å². The highest BCUT2D eigenvalue weighted by Crippen LogP contribution is 2.27. The zero-order chi connectivity index (χ0) is 22.9. The van der Waals surface area contributed by atoms with Crippen molar-refractivity contribution in [3.05, 3.63) is 69.8 Å². The first-order valence-electron chi connectivity index (χ1n) is 11.7. The first kappa shape index (κ1) is 21.4. The van der Waals surface area contributed by atoms with Gasteiger partial charge in [-0.2, -0.15) is 0 Å². The van der Waals surface area contributed by atoms with Crippen LogP contribution in [0.5, 0.6) is 0 Å². The van der Waals surface area contributed by atoms with Gasteiger partial charge in [0.05, 0.1) is 16.5 Å². The standard InChI is InChI=1S/C26H27N3O4/c1-17(24(30)28-15-7-9-18-8-4-5-10-22(18)28)33-26(32)19-12-13-20-21(16-19)27-23-11-3-2-6-14-29(23)25(20)31/h4-5,8,10,12-13,16-17H,2-3,6-7,9,11,14-15H2,1H3/t17-/m0/s1. The van der Waals surface area contributed by atoms with Crippen molar-refractivity contribution in [1.29, 1.82) is 0 Å². The summed E-state index contributed by atoms with van der Waals surface area (Å²) in [4.78, 5) is 45.2. The van der Waals surface area contributed by atoms with E-state index in [2.05, 4.69) is 4.98 Å². The maximum atomic E-state index is 13.1. The van der Waals surface area contributed by atoms with E-state index in [-0.39, 0.29) is 17.0 Å². The second kappa shape index (κ2) is 8.81. The summed E-state index contributed by atoms with van der Waals surface area (Å²) in [6.07, 6.45) is 4.68. The highest BCUT2D eigenvalue weighted by atomic mass is 16.5. The molecule has 7 heteroatoms. The molecule has 0 spiro atoms. The van der Waals surface area contributed by atoms with Gasteiger partial charge in [-0.25, -0.2) is 9.78 Å². The van der Waals surface area contributed by atoms with Gasteiger partial charge in [-0.15, -0.1) is 0 Å². The Bertz CT molecular complexity index is 1300. The van der Waals surface area contributed by atoms with Crippen LogP contribution in [0.25, 0.3) is 10.9 Å². The molecule has 0 saturated carbocycles. The van der Waals surface area contributed by atoms with Crippen molar-refractivity contribution < 1.29 is 14.3 Å². The molecule has 2 aliphatic heterocycles. The van der Waals surface area contributed by atoms with Gasteiger partial charge in [0.25, 0.3) is 11.5 Å². The predicted octanol–water partition coefficient (Wildman–Crippen LogP) is 3.65. The van der Waals surface area contributed by atoms with E-state index in [1.807, 2.05) is 24.3 Å². The minimum Gasteiger partial charge on any atom is -0.449 e. The molecular weight excluding hydrogens is 418 g/mol. The molecule has 0 saturated heterocycles. The van der Waals surface area contributed by atoms with Crippen LogP contribution in [0.3, 0.4) is 0 Å². The number of nitrogens with zero attached hydrogens (tertiary/aromatic N) is 3. The van der Waals surface area contributed by atoms with Crippen molar-refractivity contribution >= 4 is 28.5 Å². The van der Waals surface area contributed by atoms with Crippen LogP contribution in [0.15, 0.2) is 47.3 Å². The van der Waals surface area contributed by atoms with Crippen molar-refractivity contribution in [3.63, 3.8) is 0 Å². The number of ether oxygens (including phenoxy) is 1. The summed E-state index contributed by atoms with van der Waals surface area (Å²) < 4.78 is 7.29. The minimum absolute atomic E-state index is 0.0656. The normalized spacial score (nSPS) is 16.5. The number of hydrogen-bond donors (Lipinski definition) is 0. The summed E-state index contributed by atoms with van der Waals surface area (Å²) in [7, 11) is 0. The molecule has 0 N–H and O–H groups in total. The van der Waals surface area contributed by atoms with Crippen LogP contribution in [0.2, 0.25) is 0 Å². The number of esters is 1. The lowest BCUT2D eigenvalue weighted by molar-refractivity contribution is -0.126. The first-order chi connectivity index (χ1) is 16.0. The van der Waals surface area contributed by atoms with E-state index in [1.165, 1.54) is 0 Å². The molecule has 33 heavy (non-hydrogen) atoms. The lowest BCUT2D eigenvalue weighted by Crippen LogP contribution is -2.42. The van der Waals surface area contributed by atoms with Crippen LogP contribution < -0.4 is 10.5 Å². The Labute approximate surface area is 192 Å². The number of aryl methyl sites for hydroxylation is 2. The van der Waals surface area contributed by atoms with E-state index >= 15 is 0 Å². The largest absolute Gasteiger partial charge is 0.449 e. The number of fused-ring (bicyclic) bond motifs is 3. The predicted molar refractivity (Wildman–Crippen MR) is 126 cm³/mol. The van der Waals surface area contributed by atoms with Crippen LogP contribution in [0.1, 0.15) is 54.4 Å². The van der Waals surface area contributed by atoms with E-state index in [0.29, 0.717) is 24.0 Å². The molecule has 2 aromatic carbocycles. The zero-order valence-corrected chi connectivity index (χ0v) is 18.8. The SMILES string of the molecule is C[C@H](OC(=O)c1ccc2c(=O)n3c(nc2c1)CCCCC3)C(=O)N1CCCc2ccccc21. The molecule has 5 rings (SSSR count). The van der Waals surface area contributed by atoms with Crippen molar-refractivity contribution in [2.24, 2.45) is 0 Å². The van der Waals surface area contributed by atoms with Crippen LogP contribution in [-0.4, -0.2) is 34.1 Å². The molecule has 2 aliphatic rings. The van der Waals surface area contributed by atoms with Crippen LogP contribution >= 0.6 is 0 Å². The molecule has 0 radical (unpaired) electrons. The summed E-state index contributed by atoms with van der Waals surface area (Å²) in [6, 6.07) is 12.6. The monoisotopic (exact) mass is 445 g/mol. The maximum Gasteiger partial charge on any atom is 0.338 e. The summed E-state index contributed by atoms with van der Waals surface area (Å²) in [6.45, 7) is 2.88. The number of carbonyl (C=O) groups is 2. The number of amides is 1. The molecule has 1 aromatic heterocycles. The van der Waals surface area contributed by atoms with Gasteiger partial charge in [-0.05, 0) is 62.4 Å². The number of carbonyl (C=O) groups excluding carboxylic acids is 2. The summed E-state index contributed by atoms with van der Waals surface area (Å²) in [5.74, 6) is -0.0688. The Kier molecular flexibility index (Phi) is 5.70. The highest BCUT2D eigenvalue weighted by molar-refractivity contribution is 6.00. The Hall–Kier alpha value is -3.48. The molecule has 0 fully saturated rings. The summed E-state index contributed by atoms with van der Waals surface area (Å²) in [5.41, 5.74) is 2.72. The number of anilines is 1. The summed E-state index contributed by atoms with van der Waals surface area (Å²) in [5, 5.41) is 0.492. The van der Waals surface area contributed by atoms with Crippen molar-refractivity contribution in [1.82, 2.24) is 9.55 Å². The number of benzene rings is 2. The fourth-order valence-corrected chi connectivity index (χ4v) is 4.81. The highest BCUT2D eigenvalue weighted by Gasteiger charge is 2.28. The van der Waals surface area contributed by atoms with Crippen LogP contribution in [-0.2, 0) is 28.9 Å². The molecule has 1 atom stereocenters. The van der Waals surface area contributed by atoms with Gasteiger partial charge in [0, 0.05) is 25.2 Å². The average molecular weight is 446 g/mol. The van der Waals surface area contributed by atoms with E-state index in [4.69, 9.17) is 4.74 Å². The van der Waals surface area contributed by atoms with Gasteiger partial charge >= 0.3 is 5.97 Å². The quantitative estimate of drug-likeness (QED) is 0.575. The fourth-order valence-electron chi connectivity index (χ4n) is 4.81. The maximum absolute atomic E-state index is 13.1. The lowest BCUT2D eigenvalue weighted by Gasteiger charge is -2.31. The third-order valence-corrected chi connectivity index (χ3v) is 6.56. The molecule has 0 unspecified atom stereocenters. The molecule has 7 nitrogen and oxygen atoms in total. The molecule has 3 aromatic rings. The van der Waals surface area contributed by atoms with E-state index in [1.54, 1.807) is 34.6 Å². The van der Waals surface area contributed by atoms with Crippen LogP contribution in [0, 0.1) is 0 Å². The Morgan fingerprint density at radius 1 is 1.00 bits per heavy atom. The van der Waals surface area contributed by atoms with Gasteiger partial charge in [0.1, 0.15) is 5.82 Å². The van der Waals surface area contributed by atoms with Crippen molar-refractivity contribution in [2.45, 2.75) is 58.1 Å². The van der Waals surface area contributed by atoms with E-state index in [9.17, 15) is 14.4 Å². The lowest BCUT2D eigenvalue weighted by atomic mass is 10.0. The van der Waals surface area contributed by atoms with Crippen molar-refractivity contribution in [3.8, 4) is 0 Å². The zero-order valence-electron chi connectivity index (χ0n) is 18.8. The third-order valence-electron chi connectivity index (χ3n) is 6.56. The van der Waals surface area contributed by atoms with E-state index in [0.717, 1.165) is 55.6 Å². The van der Waals surface area contributed by atoms with Gasteiger partial charge in [0.15, 0.2) is 6.10 Å². The number of hydrogen-bond acceptors (Lipinski definition) is 5. The first-order valence-corrected chi connectivity index (χ1v) is 11.7. The van der Waals surface area contributed by atoms with Gasteiger partial charge in [0.2, 0.25) is 0 Å². The van der Waals surface area contributed by atoms with E-state index < -0.39 is 12.1 Å². The number of rotatable bonds is 3. The molecular formula is C26H27N3O4. The minimum atomic E-state index is -0.926. The molecule has 0 aliphatic carbocycles. The van der Waals surface area contributed by atoms with Crippen LogP contribution in [0.4, 0.5) is 5.69 Å². The molecule has 3 heterocycles. The van der Waals surface area contributed by atoms with Gasteiger partial charge < -0.3 is 9.64 Å². The Balaban J connectivity index is 1.37. The van der Waals surface area contributed by atoms with Crippen molar-refractivity contribution in [2.75, 3.05) is 11.4 Å². The Morgan fingerprint density at radius 3 is 2.73 bits per heavy atom. The molecule has 170 valence electrons. The molecule has 1 amide bonds. The Morgan fingerprint density at radius 2 is 1.85 bits per heavy atom. The smallest absolute Gasteiger partial charge is 0.338 e. The van der Waals surface area contributed by atoms with Gasteiger partial charge in [-0.1, -0.05) is 24.6 Å². The second-order valence-electron chi connectivity index (χ2n) is 8.80. The summed E-state index contributed by atoms with van der Waals surface area (Å²) >= 11 is 0.